The van der Waals surface area contributed by atoms with Crippen molar-refractivity contribution in [2.75, 3.05) is 6.54 Å². The summed E-state index contributed by atoms with van der Waals surface area (Å²) in [7, 11) is 0. The molecule has 1 unspecified atom stereocenters. The number of hydrogen-bond donors (Lipinski definition) is 5. The van der Waals surface area contributed by atoms with Gasteiger partial charge in [0.2, 0.25) is 0 Å². The van der Waals surface area contributed by atoms with Crippen molar-refractivity contribution in [1.82, 2.24) is 15.8 Å². The van der Waals surface area contributed by atoms with E-state index in [2.05, 4.69) is 24.1 Å². The number of carbonyl (C=O) groups is 2. The fraction of sp³-hybridized carbons (Fsp3) is 0.562. The summed E-state index contributed by atoms with van der Waals surface area (Å²) in [5.41, 5.74) is 0.767. The molecule has 1 aromatic heterocycles. The van der Waals surface area contributed by atoms with Gasteiger partial charge in [-0.3, -0.25) is 14.8 Å². The van der Waals surface area contributed by atoms with E-state index in [1.165, 1.54) is 5.48 Å². The van der Waals surface area contributed by atoms with E-state index in [0.717, 1.165) is 31.9 Å². The van der Waals surface area contributed by atoms with Crippen LogP contribution in [0.1, 0.15) is 65.9 Å². The third kappa shape index (κ3) is 4.90. The van der Waals surface area contributed by atoms with Crippen molar-refractivity contribution in [3.8, 4) is 5.75 Å². The zero-order chi connectivity index (χ0) is 18.1. The van der Waals surface area contributed by atoms with E-state index in [1.807, 2.05) is 0 Å². The van der Waals surface area contributed by atoms with Gasteiger partial charge in [-0.1, -0.05) is 33.1 Å². The van der Waals surface area contributed by atoms with Gasteiger partial charge in [-0.15, -0.1) is 0 Å². The molecule has 1 aromatic rings. The van der Waals surface area contributed by atoms with E-state index in [1.54, 1.807) is 0 Å². The number of pyridine rings is 1. The highest BCUT2D eigenvalue weighted by Crippen LogP contribution is 2.24. The molecule has 0 spiro atoms. The molecule has 0 aliphatic carbocycles. The molecule has 134 valence electrons. The second-order valence-electron chi connectivity index (χ2n) is 5.57. The van der Waals surface area contributed by atoms with Crippen LogP contribution in [0.2, 0.25) is 0 Å². The molecule has 24 heavy (non-hydrogen) atoms. The van der Waals surface area contributed by atoms with E-state index >= 15 is 0 Å². The van der Waals surface area contributed by atoms with E-state index in [0.29, 0.717) is 12.5 Å². The molecule has 0 aliphatic rings. The molecule has 0 aliphatic heterocycles. The van der Waals surface area contributed by atoms with E-state index in [-0.39, 0.29) is 11.1 Å². The van der Waals surface area contributed by atoms with Gasteiger partial charge in [-0.05, 0) is 12.3 Å². The third-order valence-electron chi connectivity index (χ3n) is 3.97. The number of nitrogens with one attached hydrogen (secondary N) is 2. The third-order valence-corrected chi connectivity index (χ3v) is 3.97. The molecule has 0 radical (unpaired) electrons. The highest BCUT2D eigenvalue weighted by molar-refractivity contribution is 5.99. The Kier molecular flexibility index (Phi) is 8.14. The lowest BCUT2D eigenvalue weighted by Gasteiger charge is -2.16. The van der Waals surface area contributed by atoms with Crippen LogP contribution in [0.25, 0.3) is 0 Å². The molecule has 2 amide bonds. The molecule has 5 N–H and O–H groups in total. The van der Waals surface area contributed by atoms with Crippen molar-refractivity contribution in [1.29, 1.82) is 0 Å². The van der Waals surface area contributed by atoms with Gasteiger partial charge in [0.1, 0.15) is 0 Å². The van der Waals surface area contributed by atoms with Gasteiger partial charge in [-0.2, -0.15) is 0 Å². The van der Waals surface area contributed by atoms with Gasteiger partial charge in [0.15, 0.2) is 11.4 Å². The van der Waals surface area contributed by atoms with Crippen molar-refractivity contribution in [2.24, 2.45) is 5.92 Å². The molecular weight excluding hydrogens is 314 g/mol. The molecule has 1 rings (SSSR count). The van der Waals surface area contributed by atoms with Crippen LogP contribution in [-0.4, -0.2) is 38.8 Å². The zero-order valence-electron chi connectivity index (χ0n) is 14.0. The fourth-order valence-corrected chi connectivity index (χ4v) is 2.39. The second kappa shape index (κ2) is 9.84. The number of aliphatic hydroxyl groups is 1. The predicted molar refractivity (Wildman–Crippen MR) is 86.7 cm³/mol. The minimum atomic E-state index is -1.03. The zero-order valence-corrected chi connectivity index (χ0v) is 14.0. The first-order chi connectivity index (χ1) is 11.5. The Bertz CT molecular complexity index is 577. The van der Waals surface area contributed by atoms with Gasteiger partial charge in [0.25, 0.3) is 11.8 Å². The number of aromatic nitrogens is 1. The van der Waals surface area contributed by atoms with Crippen LogP contribution >= 0.6 is 0 Å². The van der Waals surface area contributed by atoms with Crippen molar-refractivity contribution in [3.63, 3.8) is 0 Å². The molecule has 0 fully saturated rings. The first-order valence-electron chi connectivity index (χ1n) is 8.04. The van der Waals surface area contributed by atoms with Crippen LogP contribution in [0.15, 0.2) is 6.20 Å². The van der Waals surface area contributed by atoms with Gasteiger partial charge < -0.3 is 15.5 Å². The summed E-state index contributed by atoms with van der Waals surface area (Å²) in [4.78, 5) is 27.4. The smallest absolute Gasteiger partial charge is 0.297 e. The number of carbonyl (C=O) groups excluding carboxylic acids is 2. The van der Waals surface area contributed by atoms with Crippen molar-refractivity contribution < 1.29 is 25.0 Å². The maximum atomic E-state index is 12.3. The Labute approximate surface area is 140 Å². The molecule has 0 saturated carbocycles. The van der Waals surface area contributed by atoms with Crippen LogP contribution in [-0.2, 0) is 6.61 Å². The number of rotatable bonds is 9. The summed E-state index contributed by atoms with van der Waals surface area (Å²) < 4.78 is 0. The summed E-state index contributed by atoms with van der Waals surface area (Å²) in [6, 6.07) is 0. The minimum Gasteiger partial charge on any atom is -0.505 e. The Balaban J connectivity index is 2.90. The van der Waals surface area contributed by atoms with Crippen molar-refractivity contribution >= 4 is 11.8 Å². The van der Waals surface area contributed by atoms with E-state index in [4.69, 9.17) is 5.21 Å². The Morgan fingerprint density at radius 2 is 2.00 bits per heavy atom. The van der Waals surface area contributed by atoms with E-state index < -0.39 is 29.9 Å². The first kappa shape index (κ1) is 19.9. The molecule has 1 heterocycles. The summed E-state index contributed by atoms with van der Waals surface area (Å²) in [6.45, 7) is 4.01. The topological polar surface area (TPSA) is 132 Å². The van der Waals surface area contributed by atoms with Crippen LogP contribution in [0.3, 0.4) is 0 Å². The van der Waals surface area contributed by atoms with Crippen LogP contribution in [0.5, 0.6) is 5.75 Å². The lowest BCUT2D eigenvalue weighted by molar-refractivity contribution is 0.0696. The average Bonchev–Trinajstić information content (AvgIpc) is 2.60. The number of unbranched alkanes of at least 4 members (excludes halogenated alkanes) is 1. The molecule has 8 heteroatoms. The molecule has 0 saturated heterocycles. The number of aliphatic hydroxyl groups excluding tert-OH is 1. The van der Waals surface area contributed by atoms with Crippen LogP contribution < -0.4 is 10.8 Å². The normalized spacial score (nSPS) is 11.8. The number of hydrogen-bond acceptors (Lipinski definition) is 6. The Morgan fingerprint density at radius 3 is 2.54 bits per heavy atom. The SMILES string of the molecule is CCCCC(CC)CNC(=O)c1cnc(C(=O)NO)c(O)c1CO. The lowest BCUT2D eigenvalue weighted by Crippen LogP contribution is -2.30. The number of aromatic hydroxyl groups is 1. The minimum absolute atomic E-state index is 0.00478. The van der Waals surface area contributed by atoms with E-state index in [9.17, 15) is 19.8 Å². The van der Waals surface area contributed by atoms with Gasteiger partial charge in [0.05, 0.1) is 12.2 Å². The number of amides is 2. The standard InChI is InChI=1S/C16H25N3O5/c1-3-5-6-10(4-2)7-18-15(22)11-8-17-13(16(23)19-24)14(21)12(11)9-20/h8,10,20-21,24H,3-7,9H2,1-2H3,(H,18,22)(H,19,23). The van der Waals surface area contributed by atoms with Gasteiger partial charge >= 0.3 is 0 Å². The monoisotopic (exact) mass is 339 g/mol. The average molecular weight is 339 g/mol. The molecule has 0 aromatic carbocycles. The highest BCUT2D eigenvalue weighted by atomic mass is 16.5. The highest BCUT2D eigenvalue weighted by Gasteiger charge is 2.22. The number of hydroxylamine groups is 1. The summed E-state index contributed by atoms with van der Waals surface area (Å²) >= 11 is 0. The summed E-state index contributed by atoms with van der Waals surface area (Å²) in [6.07, 6.45) is 5.22. The molecule has 0 bridgehead atoms. The second-order valence-corrected chi connectivity index (χ2v) is 5.57. The lowest BCUT2D eigenvalue weighted by atomic mass is 9.99. The van der Waals surface area contributed by atoms with Crippen LogP contribution in [0, 0.1) is 5.92 Å². The van der Waals surface area contributed by atoms with Gasteiger partial charge in [-0.25, -0.2) is 10.5 Å². The molecular formula is C16H25N3O5. The van der Waals surface area contributed by atoms with Crippen molar-refractivity contribution in [3.05, 3.63) is 23.0 Å². The largest absolute Gasteiger partial charge is 0.505 e. The maximum Gasteiger partial charge on any atom is 0.297 e. The predicted octanol–water partition coefficient (Wildman–Crippen LogP) is 1.34. The maximum absolute atomic E-state index is 12.3. The van der Waals surface area contributed by atoms with Crippen molar-refractivity contribution in [2.45, 2.75) is 46.1 Å². The summed E-state index contributed by atoms with van der Waals surface area (Å²) in [5.74, 6) is -1.78. The quantitative estimate of drug-likeness (QED) is 0.341. The van der Waals surface area contributed by atoms with Crippen LogP contribution in [0.4, 0.5) is 0 Å². The molecule has 8 nitrogen and oxygen atoms in total. The Hall–Kier alpha value is -2.19. The number of nitrogens with zero attached hydrogens (tertiary/aromatic N) is 1. The molecule has 1 atom stereocenters. The Morgan fingerprint density at radius 1 is 1.29 bits per heavy atom. The fourth-order valence-electron chi connectivity index (χ4n) is 2.39. The summed E-state index contributed by atoms with van der Waals surface area (Å²) in [5, 5.41) is 30.8. The first-order valence-corrected chi connectivity index (χ1v) is 8.04. The van der Waals surface area contributed by atoms with Gasteiger partial charge in [0, 0.05) is 18.3 Å².